The first-order valence-corrected chi connectivity index (χ1v) is 16.0. The van der Waals surface area contributed by atoms with E-state index in [2.05, 4.69) is 52.8 Å². The summed E-state index contributed by atoms with van der Waals surface area (Å²) in [6.07, 6.45) is 17.1. The van der Waals surface area contributed by atoms with E-state index in [9.17, 15) is 4.79 Å². The van der Waals surface area contributed by atoms with Crippen molar-refractivity contribution in [1.82, 2.24) is 0 Å². The van der Waals surface area contributed by atoms with Crippen LogP contribution in [0.3, 0.4) is 0 Å². The second-order valence-electron chi connectivity index (χ2n) is 12.3. The second-order valence-corrected chi connectivity index (χ2v) is 12.3. The second kappa shape index (κ2) is 19.0. The van der Waals surface area contributed by atoms with Crippen LogP contribution in [0.4, 0.5) is 5.69 Å². The fourth-order valence-corrected chi connectivity index (χ4v) is 5.23. The number of anilines is 1. The lowest BCUT2D eigenvalue weighted by molar-refractivity contribution is -0.693. The SMILES string of the molecule is CCCCCCCCCCCCOc1ccc(CN(C(=O)c2ccc[n+](CC)c2)c2ccccc2)cc1C(C)(C)C.[I-]. The molecule has 0 fully saturated rings. The summed E-state index contributed by atoms with van der Waals surface area (Å²) < 4.78 is 8.38. The number of hydrogen-bond donors (Lipinski definition) is 0. The average molecular weight is 685 g/mol. The highest BCUT2D eigenvalue weighted by molar-refractivity contribution is 6.05. The van der Waals surface area contributed by atoms with Gasteiger partial charge >= 0.3 is 0 Å². The van der Waals surface area contributed by atoms with Crippen LogP contribution in [0.25, 0.3) is 0 Å². The maximum Gasteiger partial charge on any atom is 0.264 e. The number of para-hydroxylation sites is 1. The summed E-state index contributed by atoms with van der Waals surface area (Å²) in [7, 11) is 0. The number of unbranched alkanes of at least 4 members (excludes halogenated alkanes) is 9. The van der Waals surface area contributed by atoms with Crippen LogP contribution in [0.5, 0.6) is 5.75 Å². The predicted octanol–water partition coefficient (Wildman–Crippen LogP) is 6.44. The summed E-state index contributed by atoms with van der Waals surface area (Å²) >= 11 is 0. The third-order valence-corrected chi connectivity index (χ3v) is 7.73. The standard InChI is InChI=1S/C37H53N2O2.HI/c1-6-8-9-10-11-12-13-14-15-19-27-41-35-25-24-31(28-34(35)37(3,4)5)29-39(33-22-17-16-18-23-33)36(40)32-21-20-26-38(7-2)30-32;/h16-18,20-26,28,30H,6-15,19,27,29H2,1-5H3;1H/q+1;/p-1. The average Bonchev–Trinajstić information content (AvgIpc) is 2.98. The summed E-state index contributed by atoms with van der Waals surface area (Å²) in [5.74, 6) is 0.958. The van der Waals surface area contributed by atoms with E-state index in [0.29, 0.717) is 12.1 Å². The van der Waals surface area contributed by atoms with E-state index in [1.165, 1.54) is 63.4 Å². The summed E-state index contributed by atoms with van der Waals surface area (Å²) in [4.78, 5) is 15.7. The Hall–Kier alpha value is -2.41. The summed E-state index contributed by atoms with van der Waals surface area (Å²) in [6, 6.07) is 20.3. The van der Waals surface area contributed by atoms with Gasteiger partial charge < -0.3 is 33.6 Å². The molecule has 0 unspecified atom stereocenters. The molecular formula is C37H53IN2O2. The first-order valence-electron chi connectivity index (χ1n) is 16.0. The predicted molar refractivity (Wildman–Crippen MR) is 172 cm³/mol. The highest BCUT2D eigenvalue weighted by atomic mass is 127. The molecule has 0 aliphatic heterocycles. The van der Waals surface area contributed by atoms with Gasteiger partial charge in [-0.3, -0.25) is 4.79 Å². The van der Waals surface area contributed by atoms with Crippen LogP contribution in [0, 0.1) is 0 Å². The number of halogens is 1. The molecule has 5 heteroatoms. The van der Waals surface area contributed by atoms with E-state index in [0.717, 1.165) is 36.6 Å². The van der Waals surface area contributed by atoms with Crippen LogP contribution >= 0.6 is 0 Å². The van der Waals surface area contributed by atoms with Crippen LogP contribution in [0.15, 0.2) is 73.1 Å². The Labute approximate surface area is 272 Å². The van der Waals surface area contributed by atoms with Gasteiger partial charge in [-0.15, -0.1) is 0 Å². The number of nitrogens with zero attached hydrogens (tertiary/aromatic N) is 2. The van der Waals surface area contributed by atoms with Crippen molar-refractivity contribution in [2.24, 2.45) is 0 Å². The van der Waals surface area contributed by atoms with Gasteiger partial charge in [-0.1, -0.05) is 110 Å². The minimum atomic E-state index is -0.0726. The molecule has 230 valence electrons. The Bertz CT molecular complexity index is 1190. The van der Waals surface area contributed by atoms with Crippen molar-refractivity contribution in [3.63, 3.8) is 0 Å². The van der Waals surface area contributed by atoms with Gasteiger partial charge in [-0.05, 0) is 60.2 Å². The monoisotopic (exact) mass is 684 g/mol. The molecule has 3 aromatic rings. The molecular weight excluding hydrogens is 631 g/mol. The van der Waals surface area contributed by atoms with Gasteiger partial charge in [0, 0.05) is 11.8 Å². The molecule has 0 radical (unpaired) electrons. The zero-order valence-corrected chi connectivity index (χ0v) is 28.9. The Morgan fingerprint density at radius 3 is 2.07 bits per heavy atom. The number of carbonyl (C=O) groups is 1. The number of hydrogen-bond acceptors (Lipinski definition) is 2. The highest BCUT2D eigenvalue weighted by Gasteiger charge is 2.23. The van der Waals surface area contributed by atoms with Crippen LogP contribution in [0.1, 0.15) is 120 Å². The number of rotatable bonds is 17. The molecule has 3 rings (SSSR count). The topological polar surface area (TPSA) is 33.4 Å². The van der Waals surface area contributed by atoms with Crippen LogP contribution in [-0.4, -0.2) is 12.5 Å². The zero-order chi connectivity index (χ0) is 29.5. The largest absolute Gasteiger partial charge is 1.00 e. The molecule has 0 bridgehead atoms. The Morgan fingerprint density at radius 1 is 0.810 bits per heavy atom. The summed E-state index contributed by atoms with van der Waals surface area (Å²) in [6.45, 7) is 13.1. The quantitative estimate of drug-likeness (QED) is 0.0932. The highest BCUT2D eigenvalue weighted by Crippen LogP contribution is 2.33. The van der Waals surface area contributed by atoms with Gasteiger partial charge in [0.15, 0.2) is 12.4 Å². The van der Waals surface area contributed by atoms with Crippen molar-refractivity contribution in [3.05, 3.63) is 89.7 Å². The Morgan fingerprint density at radius 2 is 1.45 bits per heavy atom. The number of benzene rings is 2. The molecule has 0 N–H and O–H groups in total. The smallest absolute Gasteiger partial charge is 0.264 e. The number of ether oxygens (including phenoxy) is 1. The van der Waals surface area contributed by atoms with Crippen LogP contribution < -0.4 is 38.2 Å². The van der Waals surface area contributed by atoms with E-state index in [-0.39, 0.29) is 35.3 Å². The summed E-state index contributed by atoms with van der Waals surface area (Å²) in [5.41, 5.74) is 3.79. The first-order chi connectivity index (χ1) is 19.8. The van der Waals surface area contributed by atoms with Gasteiger partial charge in [0.25, 0.3) is 5.91 Å². The van der Waals surface area contributed by atoms with E-state index >= 15 is 0 Å². The van der Waals surface area contributed by atoms with Gasteiger partial charge in [-0.25, -0.2) is 4.57 Å². The first kappa shape index (κ1) is 35.8. The molecule has 0 saturated heterocycles. The van der Waals surface area contributed by atoms with Gasteiger partial charge in [0.2, 0.25) is 0 Å². The number of aryl methyl sites for hydroxylation is 1. The molecule has 0 saturated carbocycles. The maximum absolute atomic E-state index is 13.8. The van der Waals surface area contributed by atoms with Crippen molar-refractivity contribution in [1.29, 1.82) is 0 Å². The fraction of sp³-hybridized carbons (Fsp3) is 0.514. The molecule has 4 nitrogen and oxygen atoms in total. The third-order valence-electron chi connectivity index (χ3n) is 7.73. The molecule has 1 aromatic heterocycles. The van der Waals surface area contributed by atoms with Crippen molar-refractivity contribution in [3.8, 4) is 5.75 Å². The van der Waals surface area contributed by atoms with Crippen molar-refractivity contribution in [2.45, 2.75) is 117 Å². The third kappa shape index (κ3) is 11.7. The normalized spacial score (nSPS) is 11.2. The van der Waals surface area contributed by atoms with E-state index < -0.39 is 0 Å². The van der Waals surface area contributed by atoms with Gasteiger partial charge in [0.1, 0.15) is 17.9 Å². The Kier molecular flexibility index (Phi) is 16.2. The molecule has 0 atom stereocenters. The lowest BCUT2D eigenvalue weighted by Crippen LogP contribution is -3.00. The zero-order valence-electron chi connectivity index (χ0n) is 26.7. The number of carbonyl (C=O) groups excluding carboxylic acids is 1. The molecule has 0 spiro atoms. The van der Waals surface area contributed by atoms with Gasteiger partial charge in [0.05, 0.1) is 13.2 Å². The van der Waals surface area contributed by atoms with Crippen molar-refractivity contribution >= 4 is 11.6 Å². The van der Waals surface area contributed by atoms with E-state index in [1.807, 2.05) is 64.3 Å². The lowest BCUT2D eigenvalue weighted by atomic mass is 9.85. The van der Waals surface area contributed by atoms with Crippen LogP contribution in [0.2, 0.25) is 0 Å². The molecule has 1 heterocycles. The van der Waals surface area contributed by atoms with Crippen LogP contribution in [-0.2, 0) is 18.5 Å². The molecule has 0 aliphatic rings. The van der Waals surface area contributed by atoms with Gasteiger partial charge in [-0.2, -0.15) is 0 Å². The maximum atomic E-state index is 13.8. The van der Waals surface area contributed by atoms with Crippen molar-refractivity contribution in [2.75, 3.05) is 11.5 Å². The number of aromatic nitrogens is 1. The van der Waals surface area contributed by atoms with E-state index in [1.54, 1.807) is 0 Å². The number of pyridine rings is 1. The van der Waals surface area contributed by atoms with E-state index in [4.69, 9.17) is 4.74 Å². The summed E-state index contributed by atoms with van der Waals surface area (Å²) in [5, 5.41) is 0. The molecule has 1 amide bonds. The molecule has 42 heavy (non-hydrogen) atoms. The minimum Gasteiger partial charge on any atom is -1.00 e. The lowest BCUT2D eigenvalue weighted by Gasteiger charge is -2.26. The number of amides is 1. The Balaban J connectivity index is 0.00000616. The van der Waals surface area contributed by atoms with Crippen molar-refractivity contribution < 1.29 is 38.1 Å². The fourth-order valence-electron chi connectivity index (χ4n) is 5.23. The molecule has 0 aliphatic carbocycles. The molecule has 2 aromatic carbocycles. The minimum absolute atomic E-state index is 0.